The highest BCUT2D eigenvalue weighted by atomic mass is 16.5. The summed E-state index contributed by atoms with van der Waals surface area (Å²) in [4.78, 5) is 23.7. The molecule has 6 nitrogen and oxygen atoms in total. The fourth-order valence-electron chi connectivity index (χ4n) is 3.80. The quantitative estimate of drug-likeness (QED) is 0.873. The Kier molecular flexibility index (Phi) is 5.23. The molecule has 1 saturated heterocycles. The first kappa shape index (κ1) is 17.8. The topological polar surface area (TPSA) is 67.3 Å². The van der Waals surface area contributed by atoms with E-state index < -0.39 is 0 Å². The van der Waals surface area contributed by atoms with Crippen molar-refractivity contribution in [2.24, 2.45) is 5.92 Å². The molecular weight excluding hydrogens is 340 g/mol. The van der Waals surface area contributed by atoms with Gasteiger partial charge in [-0.2, -0.15) is 0 Å². The van der Waals surface area contributed by atoms with Gasteiger partial charge < -0.3 is 15.0 Å². The maximum Gasteiger partial charge on any atom is 0.227 e. The summed E-state index contributed by atoms with van der Waals surface area (Å²) in [5, 5.41) is 3.25. The minimum atomic E-state index is 0.265. The van der Waals surface area contributed by atoms with E-state index in [9.17, 15) is 4.79 Å². The molecule has 1 saturated carbocycles. The number of hydrogen-bond acceptors (Lipinski definition) is 5. The molecular formula is C21H26N4O2. The van der Waals surface area contributed by atoms with E-state index in [-0.39, 0.29) is 11.8 Å². The van der Waals surface area contributed by atoms with E-state index in [0.29, 0.717) is 11.9 Å². The van der Waals surface area contributed by atoms with E-state index in [1.165, 1.54) is 6.42 Å². The second-order valence-electron chi connectivity index (χ2n) is 7.41. The standard InChI is InChI=1S/C21H26N4O2/c1-27-18-9-7-17(8-10-18)23-21-22-12-11-19(24-21)16-6-3-13-25(14-16)20(26)15-4-2-5-15/h7-12,15-16H,2-6,13-14H2,1H3,(H,22,23,24). The van der Waals surface area contributed by atoms with Crippen LogP contribution in [0.25, 0.3) is 0 Å². The lowest BCUT2D eigenvalue weighted by Crippen LogP contribution is -2.44. The molecule has 0 radical (unpaired) electrons. The third kappa shape index (κ3) is 4.04. The molecule has 1 aromatic carbocycles. The molecule has 2 aromatic rings. The molecule has 4 rings (SSSR count). The normalized spacial score (nSPS) is 20.0. The van der Waals surface area contributed by atoms with Gasteiger partial charge in [-0.1, -0.05) is 6.42 Å². The predicted molar refractivity (Wildman–Crippen MR) is 104 cm³/mol. The predicted octanol–water partition coefficient (Wildman–Crippen LogP) is 3.73. The van der Waals surface area contributed by atoms with Crippen molar-refractivity contribution in [2.45, 2.75) is 38.0 Å². The molecule has 1 unspecified atom stereocenters. The van der Waals surface area contributed by atoms with Crippen molar-refractivity contribution < 1.29 is 9.53 Å². The van der Waals surface area contributed by atoms with Crippen molar-refractivity contribution in [2.75, 3.05) is 25.5 Å². The minimum absolute atomic E-state index is 0.265. The van der Waals surface area contributed by atoms with Crippen LogP contribution in [0, 0.1) is 5.92 Å². The first-order valence-corrected chi connectivity index (χ1v) is 9.76. The van der Waals surface area contributed by atoms with E-state index in [1.54, 1.807) is 13.3 Å². The Labute approximate surface area is 160 Å². The Morgan fingerprint density at radius 3 is 2.67 bits per heavy atom. The third-order valence-electron chi connectivity index (χ3n) is 5.63. The van der Waals surface area contributed by atoms with Gasteiger partial charge in [-0.25, -0.2) is 9.97 Å². The molecule has 1 aliphatic heterocycles. The van der Waals surface area contributed by atoms with Crippen LogP contribution in [-0.4, -0.2) is 41.0 Å². The summed E-state index contributed by atoms with van der Waals surface area (Å²) >= 11 is 0. The van der Waals surface area contributed by atoms with Crippen LogP contribution < -0.4 is 10.1 Å². The number of hydrogen-bond donors (Lipinski definition) is 1. The summed E-state index contributed by atoms with van der Waals surface area (Å²) in [5.74, 6) is 2.29. The van der Waals surface area contributed by atoms with Crippen LogP contribution in [0.1, 0.15) is 43.7 Å². The molecule has 1 aliphatic carbocycles. The largest absolute Gasteiger partial charge is 0.497 e. The lowest BCUT2D eigenvalue weighted by atomic mass is 9.83. The highest BCUT2D eigenvalue weighted by molar-refractivity contribution is 5.79. The van der Waals surface area contributed by atoms with Gasteiger partial charge in [-0.3, -0.25) is 4.79 Å². The number of aromatic nitrogens is 2. The molecule has 2 aliphatic rings. The number of carbonyl (C=O) groups excluding carboxylic acids is 1. The van der Waals surface area contributed by atoms with E-state index in [4.69, 9.17) is 9.72 Å². The maximum atomic E-state index is 12.6. The zero-order valence-electron chi connectivity index (χ0n) is 15.7. The van der Waals surface area contributed by atoms with Crippen LogP contribution in [0.4, 0.5) is 11.6 Å². The molecule has 1 amide bonds. The molecule has 27 heavy (non-hydrogen) atoms. The summed E-state index contributed by atoms with van der Waals surface area (Å²) in [7, 11) is 1.65. The number of amides is 1. The number of ether oxygens (including phenoxy) is 1. The van der Waals surface area contributed by atoms with Gasteiger partial charge in [0.05, 0.1) is 12.8 Å². The molecule has 142 valence electrons. The van der Waals surface area contributed by atoms with Gasteiger partial charge in [0, 0.05) is 36.8 Å². The van der Waals surface area contributed by atoms with E-state index in [1.807, 2.05) is 30.3 Å². The zero-order valence-corrected chi connectivity index (χ0v) is 15.7. The fraction of sp³-hybridized carbons (Fsp3) is 0.476. The molecule has 2 fully saturated rings. The van der Waals surface area contributed by atoms with Crippen LogP contribution in [-0.2, 0) is 4.79 Å². The molecule has 0 bridgehead atoms. The number of piperidine rings is 1. The molecule has 2 heterocycles. The summed E-state index contributed by atoms with van der Waals surface area (Å²) < 4.78 is 5.18. The van der Waals surface area contributed by atoms with Gasteiger partial charge in [-0.05, 0) is 56.0 Å². The summed E-state index contributed by atoms with van der Waals surface area (Å²) in [6.07, 6.45) is 7.20. The van der Waals surface area contributed by atoms with E-state index >= 15 is 0 Å². The van der Waals surface area contributed by atoms with Gasteiger partial charge in [0.2, 0.25) is 11.9 Å². The monoisotopic (exact) mass is 366 g/mol. The summed E-state index contributed by atoms with van der Waals surface area (Å²) in [6, 6.07) is 9.65. The average Bonchev–Trinajstić information content (AvgIpc) is 2.67. The van der Waals surface area contributed by atoms with Gasteiger partial charge >= 0.3 is 0 Å². The Morgan fingerprint density at radius 1 is 1.15 bits per heavy atom. The number of rotatable bonds is 5. The number of carbonyl (C=O) groups is 1. The summed E-state index contributed by atoms with van der Waals surface area (Å²) in [5.41, 5.74) is 1.92. The fourth-order valence-corrected chi connectivity index (χ4v) is 3.80. The SMILES string of the molecule is COc1ccc(Nc2nccc(C3CCCN(C(=O)C4CCC4)C3)n2)cc1. The number of anilines is 2. The number of nitrogens with one attached hydrogen (secondary N) is 1. The summed E-state index contributed by atoms with van der Waals surface area (Å²) in [6.45, 7) is 1.65. The van der Waals surface area contributed by atoms with Crippen LogP contribution in [0.15, 0.2) is 36.5 Å². The van der Waals surface area contributed by atoms with Crippen molar-refractivity contribution in [1.82, 2.24) is 14.9 Å². The van der Waals surface area contributed by atoms with Gasteiger partial charge in [-0.15, -0.1) is 0 Å². The maximum absolute atomic E-state index is 12.6. The highest BCUT2D eigenvalue weighted by Crippen LogP contribution is 2.32. The molecule has 0 spiro atoms. The smallest absolute Gasteiger partial charge is 0.227 e. The molecule has 1 aromatic heterocycles. The van der Waals surface area contributed by atoms with Crippen molar-refractivity contribution >= 4 is 17.5 Å². The second-order valence-corrected chi connectivity index (χ2v) is 7.41. The number of nitrogens with zero attached hydrogens (tertiary/aromatic N) is 3. The van der Waals surface area contributed by atoms with Crippen LogP contribution in [0.3, 0.4) is 0 Å². The first-order chi connectivity index (χ1) is 13.2. The van der Waals surface area contributed by atoms with Gasteiger partial charge in [0.15, 0.2) is 0 Å². The van der Waals surface area contributed by atoms with Crippen molar-refractivity contribution in [3.8, 4) is 5.75 Å². The van der Waals surface area contributed by atoms with Crippen LogP contribution in [0.2, 0.25) is 0 Å². The van der Waals surface area contributed by atoms with Crippen LogP contribution >= 0.6 is 0 Å². The van der Waals surface area contributed by atoms with E-state index in [0.717, 1.165) is 55.9 Å². The first-order valence-electron chi connectivity index (χ1n) is 9.76. The second kappa shape index (κ2) is 7.94. The van der Waals surface area contributed by atoms with Gasteiger partial charge in [0.25, 0.3) is 0 Å². The molecule has 1 atom stereocenters. The molecule has 6 heteroatoms. The Hall–Kier alpha value is -2.63. The lowest BCUT2D eigenvalue weighted by molar-refractivity contribution is -0.139. The minimum Gasteiger partial charge on any atom is -0.497 e. The average molecular weight is 366 g/mol. The highest BCUT2D eigenvalue weighted by Gasteiger charge is 2.32. The Balaban J connectivity index is 1.43. The van der Waals surface area contributed by atoms with Gasteiger partial charge in [0.1, 0.15) is 5.75 Å². The van der Waals surface area contributed by atoms with Crippen molar-refractivity contribution in [1.29, 1.82) is 0 Å². The Bertz CT molecular complexity index is 789. The lowest BCUT2D eigenvalue weighted by Gasteiger charge is -2.37. The number of benzene rings is 1. The van der Waals surface area contributed by atoms with E-state index in [2.05, 4.69) is 15.2 Å². The van der Waals surface area contributed by atoms with Crippen LogP contribution in [0.5, 0.6) is 5.75 Å². The Morgan fingerprint density at radius 2 is 1.96 bits per heavy atom. The zero-order chi connectivity index (χ0) is 18.6. The third-order valence-corrected chi connectivity index (χ3v) is 5.63. The van der Waals surface area contributed by atoms with Crippen molar-refractivity contribution in [3.05, 3.63) is 42.2 Å². The number of methoxy groups -OCH3 is 1. The molecule has 1 N–H and O–H groups in total. The number of likely N-dealkylation sites (tertiary alicyclic amines) is 1. The van der Waals surface area contributed by atoms with Crippen molar-refractivity contribution in [3.63, 3.8) is 0 Å².